The zero-order valence-electron chi connectivity index (χ0n) is 10.6. The molecule has 1 aliphatic rings. The van der Waals surface area contributed by atoms with Crippen molar-refractivity contribution in [3.63, 3.8) is 0 Å². The second kappa shape index (κ2) is 6.04. The first kappa shape index (κ1) is 13.8. The highest BCUT2D eigenvalue weighted by molar-refractivity contribution is 6.30. The summed E-state index contributed by atoms with van der Waals surface area (Å²) >= 11 is 5.86. The van der Waals surface area contributed by atoms with E-state index in [1.165, 1.54) is 0 Å². The molecule has 1 saturated heterocycles. The van der Waals surface area contributed by atoms with E-state index in [2.05, 4.69) is 10.6 Å². The molecule has 0 bridgehead atoms. The summed E-state index contributed by atoms with van der Waals surface area (Å²) in [5.74, 6) is -0.189. The number of nitrogens with zero attached hydrogens (tertiary/aromatic N) is 1. The Kier molecular flexibility index (Phi) is 4.39. The fourth-order valence-corrected chi connectivity index (χ4v) is 2.16. The van der Waals surface area contributed by atoms with Crippen molar-refractivity contribution in [3.05, 3.63) is 29.3 Å². The predicted molar refractivity (Wildman–Crippen MR) is 74.1 cm³/mol. The van der Waals surface area contributed by atoms with Gasteiger partial charge >= 0.3 is 0 Å². The molecule has 6 heteroatoms. The predicted octanol–water partition coefficient (Wildman–Crippen LogP) is 1.10. The number of hydrogen-bond acceptors (Lipinski definition) is 3. The van der Waals surface area contributed by atoms with Crippen molar-refractivity contribution < 1.29 is 9.59 Å². The van der Waals surface area contributed by atoms with Crippen molar-refractivity contribution in [1.82, 2.24) is 10.2 Å². The molecule has 19 heavy (non-hydrogen) atoms. The van der Waals surface area contributed by atoms with Gasteiger partial charge in [-0.1, -0.05) is 17.7 Å². The van der Waals surface area contributed by atoms with Crippen molar-refractivity contribution >= 4 is 29.1 Å². The molecule has 0 aliphatic carbocycles. The number of carbonyl (C=O) groups excluding carboxylic acids is 2. The molecule has 1 fully saturated rings. The minimum atomic E-state index is -0.356. The number of benzene rings is 1. The highest BCUT2D eigenvalue weighted by Gasteiger charge is 2.25. The van der Waals surface area contributed by atoms with Gasteiger partial charge in [0.25, 0.3) is 0 Å². The second-order valence-electron chi connectivity index (χ2n) is 4.50. The van der Waals surface area contributed by atoms with Gasteiger partial charge in [0.15, 0.2) is 0 Å². The Morgan fingerprint density at radius 1 is 1.53 bits per heavy atom. The van der Waals surface area contributed by atoms with Crippen LogP contribution < -0.4 is 10.6 Å². The molecule has 0 radical (unpaired) electrons. The van der Waals surface area contributed by atoms with E-state index in [0.29, 0.717) is 23.8 Å². The Labute approximate surface area is 116 Å². The van der Waals surface area contributed by atoms with Gasteiger partial charge in [-0.2, -0.15) is 0 Å². The molecule has 5 nitrogen and oxygen atoms in total. The van der Waals surface area contributed by atoms with E-state index < -0.39 is 0 Å². The third-order valence-corrected chi connectivity index (χ3v) is 3.32. The van der Waals surface area contributed by atoms with Crippen LogP contribution in [0.4, 0.5) is 5.69 Å². The Hall–Kier alpha value is -1.59. The molecule has 0 aromatic heterocycles. The first-order chi connectivity index (χ1) is 9.06. The Bertz CT molecular complexity index is 493. The van der Waals surface area contributed by atoms with Crippen LogP contribution in [0.1, 0.15) is 6.92 Å². The van der Waals surface area contributed by atoms with Crippen molar-refractivity contribution in [2.45, 2.75) is 13.0 Å². The van der Waals surface area contributed by atoms with E-state index in [0.717, 1.165) is 0 Å². The third kappa shape index (κ3) is 3.68. The number of hydrogen-bond donors (Lipinski definition) is 2. The van der Waals surface area contributed by atoms with E-state index in [1.54, 1.807) is 31.2 Å². The van der Waals surface area contributed by atoms with E-state index in [4.69, 9.17) is 11.6 Å². The zero-order chi connectivity index (χ0) is 13.8. The van der Waals surface area contributed by atoms with Crippen LogP contribution in [-0.2, 0) is 9.59 Å². The largest absolute Gasteiger partial charge is 0.354 e. The Morgan fingerprint density at radius 2 is 2.32 bits per heavy atom. The van der Waals surface area contributed by atoms with E-state index in [-0.39, 0.29) is 24.4 Å². The van der Waals surface area contributed by atoms with Crippen molar-refractivity contribution in [3.8, 4) is 0 Å². The number of amides is 2. The minimum absolute atomic E-state index is 0.0475. The SMILES string of the molecule is CC(C(=O)Nc1cccc(Cl)c1)N1CCNC(=O)C1. The molecular weight excluding hydrogens is 266 g/mol. The average Bonchev–Trinajstić information content (AvgIpc) is 2.38. The number of halogens is 1. The highest BCUT2D eigenvalue weighted by atomic mass is 35.5. The molecule has 2 rings (SSSR count). The smallest absolute Gasteiger partial charge is 0.241 e. The summed E-state index contributed by atoms with van der Waals surface area (Å²) in [7, 11) is 0. The van der Waals surface area contributed by atoms with Crippen LogP contribution >= 0.6 is 11.6 Å². The van der Waals surface area contributed by atoms with Crippen LogP contribution in [0, 0.1) is 0 Å². The first-order valence-corrected chi connectivity index (χ1v) is 6.51. The summed E-state index contributed by atoms with van der Waals surface area (Å²) < 4.78 is 0. The van der Waals surface area contributed by atoms with Gasteiger partial charge in [0, 0.05) is 23.8 Å². The molecule has 2 N–H and O–H groups in total. The summed E-state index contributed by atoms with van der Waals surface area (Å²) in [5, 5.41) is 6.10. The molecule has 1 aromatic carbocycles. The van der Waals surface area contributed by atoms with Gasteiger partial charge in [0.05, 0.1) is 12.6 Å². The van der Waals surface area contributed by atoms with Crippen molar-refractivity contribution in [2.24, 2.45) is 0 Å². The van der Waals surface area contributed by atoms with E-state index in [9.17, 15) is 9.59 Å². The molecule has 1 heterocycles. The molecule has 102 valence electrons. The van der Waals surface area contributed by atoms with Gasteiger partial charge in [-0.05, 0) is 25.1 Å². The monoisotopic (exact) mass is 281 g/mol. The summed E-state index contributed by atoms with van der Waals surface area (Å²) in [5.41, 5.74) is 0.658. The third-order valence-electron chi connectivity index (χ3n) is 3.09. The lowest BCUT2D eigenvalue weighted by atomic mass is 10.2. The normalized spacial score (nSPS) is 17.7. The number of piperazine rings is 1. The number of anilines is 1. The van der Waals surface area contributed by atoms with Crippen LogP contribution in [0.25, 0.3) is 0 Å². The highest BCUT2D eigenvalue weighted by Crippen LogP contribution is 2.15. The fraction of sp³-hybridized carbons (Fsp3) is 0.385. The van der Waals surface area contributed by atoms with Crippen molar-refractivity contribution in [1.29, 1.82) is 0 Å². The van der Waals surface area contributed by atoms with E-state index >= 15 is 0 Å². The van der Waals surface area contributed by atoms with Gasteiger partial charge in [0.2, 0.25) is 11.8 Å². The quantitative estimate of drug-likeness (QED) is 0.872. The number of rotatable bonds is 3. The molecular formula is C13H16ClN3O2. The fourth-order valence-electron chi connectivity index (χ4n) is 1.97. The molecule has 1 atom stereocenters. The van der Waals surface area contributed by atoms with Gasteiger partial charge in [-0.3, -0.25) is 14.5 Å². The van der Waals surface area contributed by atoms with Crippen LogP contribution in [-0.4, -0.2) is 42.4 Å². The maximum absolute atomic E-state index is 12.1. The van der Waals surface area contributed by atoms with Crippen LogP contribution in [0.2, 0.25) is 5.02 Å². The maximum Gasteiger partial charge on any atom is 0.241 e. The molecule has 1 aromatic rings. The molecule has 2 amide bonds. The first-order valence-electron chi connectivity index (χ1n) is 6.13. The number of carbonyl (C=O) groups is 2. The summed E-state index contributed by atoms with van der Waals surface area (Å²) in [4.78, 5) is 25.2. The lowest BCUT2D eigenvalue weighted by molar-refractivity contribution is -0.127. The molecule has 0 spiro atoms. The minimum Gasteiger partial charge on any atom is -0.354 e. The maximum atomic E-state index is 12.1. The zero-order valence-corrected chi connectivity index (χ0v) is 11.4. The topological polar surface area (TPSA) is 61.4 Å². The lowest BCUT2D eigenvalue weighted by Gasteiger charge is -2.31. The van der Waals surface area contributed by atoms with Gasteiger partial charge in [0.1, 0.15) is 0 Å². The standard InChI is InChI=1S/C13H16ClN3O2/c1-9(17-6-5-15-12(18)8-17)13(19)16-11-4-2-3-10(14)7-11/h2-4,7,9H,5-6,8H2,1H3,(H,15,18)(H,16,19). The molecule has 1 unspecified atom stereocenters. The van der Waals surface area contributed by atoms with E-state index in [1.807, 2.05) is 4.90 Å². The van der Waals surface area contributed by atoms with Crippen LogP contribution in [0.3, 0.4) is 0 Å². The number of nitrogens with one attached hydrogen (secondary N) is 2. The lowest BCUT2D eigenvalue weighted by Crippen LogP contribution is -2.53. The molecule has 1 aliphatic heterocycles. The van der Waals surface area contributed by atoms with Crippen LogP contribution in [0.5, 0.6) is 0 Å². The average molecular weight is 282 g/mol. The van der Waals surface area contributed by atoms with Gasteiger partial charge in [-0.15, -0.1) is 0 Å². The Morgan fingerprint density at radius 3 is 3.00 bits per heavy atom. The summed E-state index contributed by atoms with van der Waals surface area (Å²) in [6.07, 6.45) is 0. The summed E-state index contributed by atoms with van der Waals surface area (Å²) in [6, 6.07) is 6.63. The van der Waals surface area contributed by atoms with Crippen molar-refractivity contribution in [2.75, 3.05) is 25.0 Å². The second-order valence-corrected chi connectivity index (χ2v) is 4.93. The molecule has 0 saturated carbocycles. The van der Waals surface area contributed by atoms with Gasteiger partial charge in [-0.25, -0.2) is 0 Å². The Balaban J connectivity index is 1.97. The van der Waals surface area contributed by atoms with Gasteiger partial charge < -0.3 is 10.6 Å². The summed E-state index contributed by atoms with van der Waals surface area (Å²) in [6.45, 7) is 3.30. The van der Waals surface area contributed by atoms with Crippen LogP contribution in [0.15, 0.2) is 24.3 Å².